The number of nitrogens with zero attached hydrogens (tertiary/aromatic N) is 1. The summed E-state index contributed by atoms with van der Waals surface area (Å²) in [5, 5.41) is 4.09. The number of nitrogens with one attached hydrogen (secondary N) is 2. The van der Waals surface area contributed by atoms with E-state index in [-0.39, 0.29) is 5.91 Å². The standard InChI is InChI=1S/C18H19N3O2/c1-23-15-6-7-17-16(10-15)13(12-21-17)4-3-9-20-18(22)14-5-2-8-19-11-14/h2,5-8,10-12,21H,3-4,9H2,1H3,(H,20,22). The van der Waals surface area contributed by atoms with Crippen molar-refractivity contribution >= 4 is 16.8 Å². The van der Waals surface area contributed by atoms with Gasteiger partial charge in [-0.05, 0) is 48.7 Å². The van der Waals surface area contributed by atoms with Crippen molar-refractivity contribution in [1.82, 2.24) is 15.3 Å². The Kier molecular flexibility index (Phi) is 4.57. The minimum atomic E-state index is -0.0845. The van der Waals surface area contributed by atoms with Crippen LogP contribution in [0.5, 0.6) is 5.75 Å². The number of aryl methyl sites for hydroxylation is 1. The lowest BCUT2D eigenvalue weighted by atomic mass is 10.1. The van der Waals surface area contributed by atoms with Crippen molar-refractivity contribution in [2.24, 2.45) is 0 Å². The van der Waals surface area contributed by atoms with Crippen LogP contribution in [0.15, 0.2) is 48.9 Å². The first-order chi connectivity index (χ1) is 11.3. The van der Waals surface area contributed by atoms with Crippen LogP contribution in [0.2, 0.25) is 0 Å². The van der Waals surface area contributed by atoms with Crippen LogP contribution in [-0.4, -0.2) is 29.5 Å². The van der Waals surface area contributed by atoms with Crippen molar-refractivity contribution in [2.75, 3.05) is 13.7 Å². The molecule has 0 unspecified atom stereocenters. The van der Waals surface area contributed by atoms with Crippen LogP contribution in [0.25, 0.3) is 10.9 Å². The van der Waals surface area contributed by atoms with Crippen molar-refractivity contribution in [3.05, 3.63) is 60.0 Å². The number of fused-ring (bicyclic) bond motifs is 1. The van der Waals surface area contributed by atoms with E-state index in [1.54, 1.807) is 31.6 Å². The Hall–Kier alpha value is -2.82. The van der Waals surface area contributed by atoms with Gasteiger partial charge in [0.2, 0.25) is 0 Å². The van der Waals surface area contributed by atoms with Gasteiger partial charge in [-0.3, -0.25) is 9.78 Å². The third-order valence-electron chi connectivity index (χ3n) is 3.81. The molecule has 0 saturated heterocycles. The number of benzene rings is 1. The molecule has 2 N–H and O–H groups in total. The van der Waals surface area contributed by atoms with Gasteiger partial charge in [-0.1, -0.05) is 0 Å². The zero-order chi connectivity index (χ0) is 16.1. The molecule has 0 spiro atoms. The average Bonchev–Trinajstić information content (AvgIpc) is 3.01. The van der Waals surface area contributed by atoms with E-state index in [2.05, 4.69) is 15.3 Å². The highest BCUT2D eigenvalue weighted by Gasteiger charge is 2.07. The molecule has 3 aromatic rings. The molecule has 2 heterocycles. The summed E-state index contributed by atoms with van der Waals surface area (Å²) in [6, 6.07) is 9.51. The summed E-state index contributed by atoms with van der Waals surface area (Å²) >= 11 is 0. The van der Waals surface area contributed by atoms with Crippen molar-refractivity contribution in [3.8, 4) is 5.75 Å². The van der Waals surface area contributed by atoms with Crippen molar-refractivity contribution < 1.29 is 9.53 Å². The Labute approximate surface area is 134 Å². The summed E-state index contributed by atoms with van der Waals surface area (Å²) in [6.07, 6.45) is 7.01. The molecule has 0 aliphatic heterocycles. The first-order valence-corrected chi connectivity index (χ1v) is 7.60. The van der Waals surface area contributed by atoms with E-state index in [0.717, 1.165) is 24.1 Å². The quantitative estimate of drug-likeness (QED) is 0.688. The Morgan fingerprint density at radius 3 is 3.04 bits per heavy atom. The molecular weight excluding hydrogens is 290 g/mol. The van der Waals surface area contributed by atoms with E-state index < -0.39 is 0 Å². The topological polar surface area (TPSA) is 67.0 Å². The van der Waals surface area contributed by atoms with Crippen LogP contribution in [0.3, 0.4) is 0 Å². The zero-order valence-electron chi connectivity index (χ0n) is 13.0. The van der Waals surface area contributed by atoms with E-state index in [1.165, 1.54) is 10.9 Å². The van der Waals surface area contributed by atoms with E-state index >= 15 is 0 Å². The van der Waals surface area contributed by atoms with Crippen LogP contribution in [0.4, 0.5) is 0 Å². The maximum absolute atomic E-state index is 11.9. The van der Waals surface area contributed by atoms with Gasteiger partial charge in [-0.25, -0.2) is 0 Å². The Bertz CT molecular complexity index is 796. The number of H-pyrrole nitrogens is 1. The number of amides is 1. The Morgan fingerprint density at radius 1 is 1.35 bits per heavy atom. The van der Waals surface area contributed by atoms with Crippen molar-refractivity contribution in [1.29, 1.82) is 0 Å². The number of hydrogen-bond acceptors (Lipinski definition) is 3. The fourth-order valence-electron chi connectivity index (χ4n) is 2.57. The molecule has 118 valence electrons. The third kappa shape index (κ3) is 3.51. The summed E-state index contributed by atoms with van der Waals surface area (Å²) < 4.78 is 5.28. The Morgan fingerprint density at radius 2 is 2.26 bits per heavy atom. The van der Waals surface area contributed by atoms with Gasteiger partial charge in [0.25, 0.3) is 5.91 Å². The number of carbonyl (C=O) groups is 1. The second-order valence-electron chi connectivity index (χ2n) is 5.33. The molecule has 5 nitrogen and oxygen atoms in total. The van der Waals surface area contributed by atoms with Gasteiger partial charge in [0.05, 0.1) is 12.7 Å². The second kappa shape index (κ2) is 6.96. The van der Waals surface area contributed by atoms with E-state index in [0.29, 0.717) is 12.1 Å². The highest BCUT2D eigenvalue weighted by molar-refractivity contribution is 5.93. The van der Waals surface area contributed by atoms with Gasteiger partial charge in [-0.2, -0.15) is 0 Å². The van der Waals surface area contributed by atoms with Crippen LogP contribution >= 0.6 is 0 Å². The Balaban J connectivity index is 1.56. The second-order valence-corrected chi connectivity index (χ2v) is 5.33. The highest BCUT2D eigenvalue weighted by Crippen LogP contribution is 2.24. The molecule has 0 aliphatic carbocycles. The third-order valence-corrected chi connectivity index (χ3v) is 3.81. The minimum Gasteiger partial charge on any atom is -0.497 e. The molecule has 23 heavy (non-hydrogen) atoms. The first kappa shape index (κ1) is 15.1. The summed E-state index contributed by atoms with van der Waals surface area (Å²) in [5.74, 6) is 0.766. The largest absolute Gasteiger partial charge is 0.497 e. The molecule has 0 bridgehead atoms. The lowest BCUT2D eigenvalue weighted by molar-refractivity contribution is 0.0953. The summed E-state index contributed by atoms with van der Waals surface area (Å²) in [4.78, 5) is 19.1. The van der Waals surface area contributed by atoms with E-state index in [4.69, 9.17) is 4.74 Å². The van der Waals surface area contributed by atoms with Crippen LogP contribution < -0.4 is 10.1 Å². The monoisotopic (exact) mass is 309 g/mol. The first-order valence-electron chi connectivity index (χ1n) is 7.60. The van der Waals surface area contributed by atoms with Crippen LogP contribution in [0, 0.1) is 0 Å². The van der Waals surface area contributed by atoms with Gasteiger partial charge in [0.15, 0.2) is 0 Å². The van der Waals surface area contributed by atoms with Gasteiger partial charge >= 0.3 is 0 Å². The van der Waals surface area contributed by atoms with Crippen LogP contribution in [-0.2, 0) is 6.42 Å². The number of hydrogen-bond donors (Lipinski definition) is 2. The van der Waals surface area contributed by atoms with Gasteiger partial charge in [0, 0.05) is 36.0 Å². The SMILES string of the molecule is COc1ccc2[nH]cc(CCCNC(=O)c3cccnc3)c2c1. The number of ether oxygens (including phenoxy) is 1. The minimum absolute atomic E-state index is 0.0845. The molecule has 0 atom stereocenters. The van der Waals surface area contributed by atoms with Gasteiger partial charge in [0.1, 0.15) is 5.75 Å². The molecule has 1 aromatic carbocycles. The van der Waals surface area contributed by atoms with E-state index in [1.807, 2.05) is 24.4 Å². The summed E-state index contributed by atoms with van der Waals surface area (Å²) in [7, 11) is 1.67. The van der Waals surface area contributed by atoms with Gasteiger partial charge in [-0.15, -0.1) is 0 Å². The number of rotatable bonds is 6. The lowest BCUT2D eigenvalue weighted by Gasteiger charge is -2.05. The molecule has 0 fully saturated rings. The van der Waals surface area contributed by atoms with Crippen molar-refractivity contribution in [2.45, 2.75) is 12.8 Å². The molecule has 0 radical (unpaired) electrons. The zero-order valence-corrected chi connectivity index (χ0v) is 13.0. The normalized spacial score (nSPS) is 10.7. The number of carbonyl (C=O) groups excluding carboxylic acids is 1. The molecular formula is C18H19N3O2. The van der Waals surface area contributed by atoms with Gasteiger partial charge < -0.3 is 15.0 Å². The molecule has 3 rings (SSSR count). The number of aromatic amines is 1. The highest BCUT2D eigenvalue weighted by atomic mass is 16.5. The molecule has 0 saturated carbocycles. The van der Waals surface area contributed by atoms with E-state index in [9.17, 15) is 4.79 Å². The molecule has 5 heteroatoms. The number of aromatic nitrogens is 2. The number of methoxy groups -OCH3 is 1. The van der Waals surface area contributed by atoms with Crippen molar-refractivity contribution in [3.63, 3.8) is 0 Å². The smallest absolute Gasteiger partial charge is 0.252 e. The fraction of sp³-hybridized carbons (Fsp3) is 0.222. The number of pyridine rings is 1. The molecule has 0 aliphatic rings. The molecule has 2 aromatic heterocycles. The predicted octanol–water partition coefficient (Wildman–Crippen LogP) is 2.93. The van der Waals surface area contributed by atoms with Crippen LogP contribution in [0.1, 0.15) is 22.3 Å². The predicted molar refractivity (Wildman–Crippen MR) is 89.7 cm³/mol. The molecule has 1 amide bonds. The maximum Gasteiger partial charge on any atom is 0.252 e. The average molecular weight is 309 g/mol. The summed E-state index contributed by atoms with van der Waals surface area (Å²) in [6.45, 7) is 0.629. The fourth-order valence-corrected chi connectivity index (χ4v) is 2.57. The lowest BCUT2D eigenvalue weighted by Crippen LogP contribution is -2.24. The maximum atomic E-state index is 11.9. The summed E-state index contributed by atoms with van der Waals surface area (Å²) in [5.41, 5.74) is 2.92.